The normalized spacial score (nSPS) is 13.7. The zero-order valence-corrected chi connectivity index (χ0v) is 14.8. The molecule has 0 fully saturated rings. The molecule has 128 valence electrons. The van der Waals surface area contributed by atoms with Gasteiger partial charge in [-0.2, -0.15) is 0 Å². The molecule has 5 nitrogen and oxygen atoms in total. The van der Waals surface area contributed by atoms with Gasteiger partial charge in [0, 0.05) is 12.1 Å². The zero-order valence-electron chi connectivity index (χ0n) is 14.0. The Morgan fingerprint density at radius 2 is 2.08 bits per heavy atom. The van der Waals surface area contributed by atoms with Crippen molar-refractivity contribution in [3.05, 3.63) is 45.4 Å². The quantitative estimate of drug-likeness (QED) is 0.618. The van der Waals surface area contributed by atoms with Crippen molar-refractivity contribution in [2.45, 2.75) is 57.1 Å². The number of carbonyl (C=O) groups is 1. The van der Waals surface area contributed by atoms with Gasteiger partial charge in [0.25, 0.3) is 0 Å². The second-order valence-corrected chi connectivity index (χ2v) is 7.16. The van der Waals surface area contributed by atoms with Gasteiger partial charge < -0.3 is 0 Å². The Kier molecular flexibility index (Phi) is 5.56. The lowest BCUT2D eigenvalue weighted by Crippen LogP contribution is -2.18. The van der Waals surface area contributed by atoms with E-state index in [0.717, 1.165) is 31.2 Å². The number of carbonyl (C=O) groups excluding carboxylic acids is 1. The van der Waals surface area contributed by atoms with Crippen LogP contribution in [0.3, 0.4) is 0 Å². The molecule has 1 aliphatic rings. The van der Waals surface area contributed by atoms with Crippen LogP contribution >= 0.6 is 11.8 Å². The maximum absolute atomic E-state index is 12.5. The molecule has 1 aliphatic carbocycles. The standard InChI is InChI=1S/C18H23N3O2S/c1-2-3-10-21-17(23)19-20-18(21)24-12-16(22)15-9-8-13-6-4-5-7-14(13)11-15/h8-9,11H,2-7,10,12H2,1H3,(H,19,23). The van der Waals surface area contributed by atoms with Gasteiger partial charge in [-0.05, 0) is 49.3 Å². The molecule has 0 atom stereocenters. The number of benzene rings is 1. The summed E-state index contributed by atoms with van der Waals surface area (Å²) < 4.78 is 1.62. The fourth-order valence-corrected chi connectivity index (χ4v) is 3.91. The largest absolute Gasteiger partial charge is 0.343 e. The van der Waals surface area contributed by atoms with Crippen molar-refractivity contribution < 1.29 is 4.79 Å². The number of Topliss-reactive ketones (excluding diaryl/α,β-unsaturated/α-hetero) is 1. The number of unbranched alkanes of at least 4 members (excludes halogenated alkanes) is 1. The van der Waals surface area contributed by atoms with Gasteiger partial charge in [-0.15, -0.1) is 5.10 Å². The Morgan fingerprint density at radius 1 is 1.29 bits per heavy atom. The molecule has 6 heteroatoms. The molecule has 0 aliphatic heterocycles. The maximum atomic E-state index is 12.5. The molecule has 1 N–H and O–H groups in total. The number of nitrogens with zero attached hydrogens (tertiary/aromatic N) is 2. The van der Waals surface area contributed by atoms with Gasteiger partial charge in [-0.1, -0.05) is 37.2 Å². The van der Waals surface area contributed by atoms with Gasteiger partial charge in [0.15, 0.2) is 10.9 Å². The summed E-state index contributed by atoms with van der Waals surface area (Å²) in [5.74, 6) is 0.390. The summed E-state index contributed by atoms with van der Waals surface area (Å²) >= 11 is 1.33. The molecule has 1 aromatic carbocycles. The van der Waals surface area contributed by atoms with Crippen LogP contribution in [0.4, 0.5) is 0 Å². The average Bonchev–Trinajstić information content (AvgIpc) is 2.97. The number of hydrogen-bond donors (Lipinski definition) is 1. The first-order chi connectivity index (χ1) is 11.7. The van der Waals surface area contributed by atoms with Gasteiger partial charge in [-0.25, -0.2) is 9.89 Å². The van der Waals surface area contributed by atoms with Gasteiger partial charge in [0.05, 0.1) is 5.75 Å². The minimum atomic E-state index is -0.202. The second kappa shape index (κ2) is 7.83. The highest BCUT2D eigenvalue weighted by molar-refractivity contribution is 7.99. The summed E-state index contributed by atoms with van der Waals surface area (Å²) in [6.45, 7) is 2.72. The van der Waals surface area contributed by atoms with E-state index in [0.29, 0.717) is 17.5 Å². The summed E-state index contributed by atoms with van der Waals surface area (Å²) in [5, 5.41) is 7.11. The number of H-pyrrole nitrogens is 1. The summed E-state index contributed by atoms with van der Waals surface area (Å²) in [5.41, 5.74) is 3.26. The van der Waals surface area contributed by atoms with Gasteiger partial charge in [-0.3, -0.25) is 9.36 Å². The van der Waals surface area contributed by atoms with Crippen LogP contribution in [0, 0.1) is 0 Å². The van der Waals surface area contributed by atoms with Crippen LogP contribution in [0.15, 0.2) is 28.2 Å². The number of aromatic nitrogens is 3. The molecule has 0 amide bonds. The molecule has 24 heavy (non-hydrogen) atoms. The maximum Gasteiger partial charge on any atom is 0.343 e. The third kappa shape index (κ3) is 3.80. The fraction of sp³-hybridized carbons (Fsp3) is 0.500. The van der Waals surface area contributed by atoms with Crippen LogP contribution in [0.1, 0.15) is 54.1 Å². The summed E-state index contributed by atoms with van der Waals surface area (Å²) in [6, 6.07) is 6.08. The van der Waals surface area contributed by atoms with E-state index in [1.807, 2.05) is 12.1 Å². The van der Waals surface area contributed by atoms with E-state index < -0.39 is 0 Å². The number of rotatable bonds is 7. The van der Waals surface area contributed by atoms with E-state index in [1.54, 1.807) is 4.57 Å². The Bertz CT molecular complexity index is 779. The molecule has 0 saturated heterocycles. The number of nitrogens with one attached hydrogen (secondary N) is 1. The number of thioether (sulfide) groups is 1. The first-order valence-corrected chi connectivity index (χ1v) is 9.60. The summed E-state index contributed by atoms with van der Waals surface area (Å²) in [4.78, 5) is 24.3. The van der Waals surface area contributed by atoms with Gasteiger partial charge in [0.1, 0.15) is 0 Å². The van der Waals surface area contributed by atoms with Crippen LogP contribution in [-0.4, -0.2) is 26.3 Å². The first-order valence-electron chi connectivity index (χ1n) is 8.62. The van der Waals surface area contributed by atoms with Crippen LogP contribution in [0.25, 0.3) is 0 Å². The Hall–Kier alpha value is -1.82. The molecule has 3 rings (SSSR count). The first kappa shape index (κ1) is 17.0. The molecule has 1 heterocycles. The Labute approximate surface area is 145 Å². The number of fused-ring (bicyclic) bond motifs is 1. The minimum absolute atomic E-state index is 0.0888. The number of aryl methyl sites for hydroxylation is 2. The highest BCUT2D eigenvalue weighted by Crippen LogP contribution is 2.23. The predicted molar refractivity (Wildman–Crippen MR) is 95.9 cm³/mol. The molecule has 0 unspecified atom stereocenters. The van der Waals surface area contributed by atoms with Crippen molar-refractivity contribution in [1.82, 2.24) is 14.8 Å². The molecule has 2 aromatic rings. The Balaban J connectivity index is 1.67. The van der Waals surface area contributed by atoms with E-state index in [9.17, 15) is 9.59 Å². The summed E-state index contributed by atoms with van der Waals surface area (Å²) in [6.07, 6.45) is 6.57. The molecular weight excluding hydrogens is 322 g/mol. The lowest BCUT2D eigenvalue weighted by atomic mass is 9.90. The molecule has 0 spiro atoms. The SMILES string of the molecule is CCCCn1c(SCC(=O)c2ccc3c(c2)CCCC3)n[nH]c1=O. The van der Waals surface area contributed by atoms with Crippen LogP contribution in [0.2, 0.25) is 0 Å². The molecule has 0 saturated carbocycles. The van der Waals surface area contributed by atoms with Crippen LogP contribution in [-0.2, 0) is 19.4 Å². The van der Waals surface area contributed by atoms with Crippen LogP contribution < -0.4 is 5.69 Å². The van der Waals surface area contributed by atoms with E-state index >= 15 is 0 Å². The van der Waals surface area contributed by atoms with Gasteiger partial charge in [0.2, 0.25) is 0 Å². The van der Waals surface area contributed by atoms with Crippen molar-refractivity contribution in [2.75, 3.05) is 5.75 Å². The Morgan fingerprint density at radius 3 is 2.88 bits per heavy atom. The van der Waals surface area contributed by atoms with E-state index in [1.165, 1.54) is 35.7 Å². The highest BCUT2D eigenvalue weighted by Gasteiger charge is 2.15. The predicted octanol–water partition coefficient (Wildman–Crippen LogP) is 3.23. The second-order valence-electron chi connectivity index (χ2n) is 6.22. The fourth-order valence-electron chi connectivity index (χ4n) is 3.05. The van der Waals surface area contributed by atoms with E-state index in [2.05, 4.69) is 23.2 Å². The van der Waals surface area contributed by atoms with Gasteiger partial charge >= 0.3 is 5.69 Å². The topological polar surface area (TPSA) is 67.8 Å². The van der Waals surface area contributed by atoms with Crippen molar-refractivity contribution in [2.24, 2.45) is 0 Å². The minimum Gasteiger partial charge on any atom is -0.293 e. The third-order valence-electron chi connectivity index (χ3n) is 4.46. The van der Waals surface area contributed by atoms with E-state index in [4.69, 9.17) is 0 Å². The van der Waals surface area contributed by atoms with Crippen molar-refractivity contribution in [3.8, 4) is 0 Å². The monoisotopic (exact) mass is 345 g/mol. The average molecular weight is 345 g/mol. The van der Waals surface area contributed by atoms with Crippen molar-refractivity contribution >= 4 is 17.5 Å². The molecular formula is C18H23N3O2S. The highest BCUT2D eigenvalue weighted by atomic mass is 32.2. The molecule has 1 aromatic heterocycles. The lowest BCUT2D eigenvalue weighted by Gasteiger charge is -2.16. The van der Waals surface area contributed by atoms with Crippen molar-refractivity contribution in [1.29, 1.82) is 0 Å². The lowest BCUT2D eigenvalue weighted by molar-refractivity contribution is 0.102. The summed E-state index contributed by atoms with van der Waals surface area (Å²) in [7, 11) is 0. The smallest absolute Gasteiger partial charge is 0.293 e. The molecule has 0 bridgehead atoms. The van der Waals surface area contributed by atoms with E-state index in [-0.39, 0.29) is 11.5 Å². The van der Waals surface area contributed by atoms with Crippen LogP contribution in [0.5, 0.6) is 0 Å². The zero-order chi connectivity index (χ0) is 16.9. The number of ketones is 1. The third-order valence-corrected chi connectivity index (χ3v) is 5.44. The molecule has 0 radical (unpaired) electrons. The number of hydrogen-bond acceptors (Lipinski definition) is 4. The number of aromatic amines is 1. The van der Waals surface area contributed by atoms with Crippen molar-refractivity contribution in [3.63, 3.8) is 0 Å².